The van der Waals surface area contributed by atoms with Crippen molar-refractivity contribution in [3.63, 3.8) is 0 Å². The first kappa shape index (κ1) is 20.7. The topological polar surface area (TPSA) is 108 Å². The summed E-state index contributed by atoms with van der Waals surface area (Å²) in [5.74, 6) is 1.16. The van der Waals surface area contributed by atoms with E-state index in [4.69, 9.17) is 5.73 Å². The number of hydrogen-bond donors (Lipinski definition) is 3. The second-order valence-electron chi connectivity index (χ2n) is 9.31. The molecule has 1 aliphatic heterocycles. The molecule has 0 aromatic heterocycles. The number of carbonyl (C=O) groups excluding carboxylic acids is 2. The van der Waals surface area contributed by atoms with E-state index >= 15 is 0 Å². The molecule has 3 aliphatic rings. The molecule has 2 amide bonds. The van der Waals surface area contributed by atoms with Gasteiger partial charge in [0.05, 0.1) is 12.1 Å². The number of amides is 2. The number of rotatable bonds is 6. The van der Waals surface area contributed by atoms with Gasteiger partial charge in [-0.3, -0.25) is 9.59 Å². The molecule has 7 heteroatoms. The Kier molecular flexibility index (Phi) is 4.98. The molecule has 1 heterocycles. The average Bonchev–Trinajstić information content (AvgIpc) is 3.13. The summed E-state index contributed by atoms with van der Waals surface area (Å²) in [4.78, 5) is 24.2. The fourth-order valence-corrected chi connectivity index (χ4v) is 5.96. The predicted octanol–water partition coefficient (Wildman–Crippen LogP) is 2.38. The molecule has 6 unspecified atom stereocenters. The number of primary amides is 1. The number of carbonyl (C=O) groups is 2. The van der Waals surface area contributed by atoms with Crippen LogP contribution in [0.5, 0.6) is 0 Å². The van der Waals surface area contributed by atoms with E-state index in [2.05, 4.69) is 23.6 Å². The molecular formula is C25H25FN4O2. The van der Waals surface area contributed by atoms with Crippen LogP contribution in [0, 0.1) is 40.8 Å². The molecule has 0 radical (unpaired) electrons. The largest absolute Gasteiger partial charge is 0.366 e. The monoisotopic (exact) mass is 432 g/mol. The molecule has 2 aliphatic carbocycles. The van der Waals surface area contributed by atoms with E-state index < -0.39 is 17.8 Å². The summed E-state index contributed by atoms with van der Waals surface area (Å²) in [5, 5.41) is 15.8. The van der Waals surface area contributed by atoms with Crippen molar-refractivity contribution in [3.8, 4) is 17.2 Å². The molecule has 7 atom stereocenters. The summed E-state index contributed by atoms with van der Waals surface area (Å²) in [6, 6.07) is 12.8. The number of fused-ring (bicyclic) bond motifs is 5. The third kappa shape index (κ3) is 3.45. The Bertz CT molecular complexity index is 1140. The molecule has 32 heavy (non-hydrogen) atoms. The first-order valence-electron chi connectivity index (χ1n) is 11.0. The number of nitrogens with two attached hydrogens (primary N) is 1. The van der Waals surface area contributed by atoms with Crippen molar-refractivity contribution in [2.75, 3.05) is 0 Å². The van der Waals surface area contributed by atoms with Gasteiger partial charge in [-0.2, -0.15) is 5.26 Å². The maximum atomic E-state index is 14.8. The smallest absolute Gasteiger partial charge is 0.248 e. The van der Waals surface area contributed by atoms with Crippen LogP contribution in [0.25, 0.3) is 11.1 Å². The molecule has 164 valence electrons. The van der Waals surface area contributed by atoms with E-state index in [1.807, 2.05) is 0 Å². The van der Waals surface area contributed by atoms with Crippen LogP contribution >= 0.6 is 0 Å². The Hall–Kier alpha value is -3.24. The Morgan fingerprint density at radius 3 is 2.72 bits per heavy atom. The zero-order valence-corrected chi connectivity index (χ0v) is 17.7. The first-order chi connectivity index (χ1) is 15.4. The summed E-state index contributed by atoms with van der Waals surface area (Å²) in [5.41, 5.74) is 7.30. The standard InChI is InChI=1S/C25H25FN4O2/c1-12-21-18-10-20(22(12)21)30-23(18)25(32)29-17(11-27)8-15-6-5-14(9-19(15)26)13-3-2-4-16(7-13)24(28)31/h2-7,9,12,17-18,20-23,30H,8,10H2,1H3,(H2,28,31)(H,29,32)/t12?,17-,18?,20?,21?,22?,23?/m0/s1. The zero-order chi connectivity index (χ0) is 22.6. The highest BCUT2D eigenvalue weighted by Gasteiger charge is 2.67. The fraction of sp³-hybridized carbons (Fsp3) is 0.400. The molecule has 2 aromatic carbocycles. The van der Waals surface area contributed by atoms with E-state index in [0.29, 0.717) is 52.0 Å². The minimum atomic E-state index is -0.811. The molecule has 2 aromatic rings. The number of halogens is 1. The molecule has 4 N–H and O–H groups in total. The third-order valence-electron chi connectivity index (χ3n) is 7.54. The van der Waals surface area contributed by atoms with Gasteiger partial charge in [0.15, 0.2) is 0 Å². The normalized spacial score (nSPS) is 30.3. The number of nitriles is 1. The Labute approximate surface area is 186 Å². The lowest BCUT2D eigenvalue weighted by atomic mass is 9.94. The lowest BCUT2D eigenvalue weighted by Crippen LogP contribution is -2.51. The molecule has 1 saturated heterocycles. The summed E-state index contributed by atoms with van der Waals surface area (Å²) in [6.45, 7) is 2.24. The van der Waals surface area contributed by atoms with Gasteiger partial charge in [0, 0.05) is 18.0 Å². The van der Waals surface area contributed by atoms with E-state index in [9.17, 15) is 19.2 Å². The lowest BCUT2D eigenvalue weighted by molar-refractivity contribution is -0.124. The van der Waals surface area contributed by atoms with E-state index in [-0.39, 0.29) is 18.4 Å². The van der Waals surface area contributed by atoms with Gasteiger partial charge in [0.1, 0.15) is 11.9 Å². The quantitative estimate of drug-likeness (QED) is 0.651. The van der Waals surface area contributed by atoms with Gasteiger partial charge in [-0.25, -0.2) is 4.39 Å². The van der Waals surface area contributed by atoms with Crippen LogP contribution in [0.3, 0.4) is 0 Å². The van der Waals surface area contributed by atoms with Gasteiger partial charge in [-0.15, -0.1) is 0 Å². The van der Waals surface area contributed by atoms with Crippen LogP contribution in [0.2, 0.25) is 0 Å². The van der Waals surface area contributed by atoms with Gasteiger partial charge in [-0.05, 0) is 65.0 Å². The highest BCUT2D eigenvalue weighted by atomic mass is 19.1. The molecule has 3 fully saturated rings. The van der Waals surface area contributed by atoms with Crippen molar-refractivity contribution in [1.82, 2.24) is 10.6 Å². The zero-order valence-electron chi connectivity index (χ0n) is 17.7. The fourth-order valence-electron chi connectivity index (χ4n) is 5.96. The summed E-state index contributed by atoms with van der Waals surface area (Å²) < 4.78 is 14.8. The minimum absolute atomic E-state index is 0.0823. The van der Waals surface area contributed by atoms with Crippen LogP contribution in [0.15, 0.2) is 42.5 Å². The van der Waals surface area contributed by atoms with Gasteiger partial charge in [0.2, 0.25) is 11.8 Å². The molecule has 5 rings (SSSR count). The second-order valence-corrected chi connectivity index (χ2v) is 9.31. The maximum absolute atomic E-state index is 14.8. The van der Waals surface area contributed by atoms with Crippen molar-refractivity contribution in [2.45, 2.75) is 37.9 Å². The van der Waals surface area contributed by atoms with Crippen molar-refractivity contribution in [1.29, 1.82) is 5.26 Å². The van der Waals surface area contributed by atoms with Gasteiger partial charge < -0.3 is 16.4 Å². The average molecular weight is 432 g/mol. The molecule has 2 bridgehead atoms. The van der Waals surface area contributed by atoms with Crippen LogP contribution < -0.4 is 16.4 Å². The van der Waals surface area contributed by atoms with Crippen molar-refractivity contribution in [3.05, 3.63) is 59.4 Å². The van der Waals surface area contributed by atoms with Gasteiger partial charge >= 0.3 is 0 Å². The van der Waals surface area contributed by atoms with Crippen molar-refractivity contribution < 1.29 is 14.0 Å². The molecular weight excluding hydrogens is 407 g/mol. The van der Waals surface area contributed by atoms with E-state index in [0.717, 1.165) is 6.42 Å². The van der Waals surface area contributed by atoms with E-state index in [1.165, 1.54) is 6.07 Å². The van der Waals surface area contributed by atoms with Crippen molar-refractivity contribution >= 4 is 11.8 Å². The van der Waals surface area contributed by atoms with Crippen LogP contribution in [-0.4, -0.2) is 29.9 Å². The second kappa shape index (κ2) is 7.72. The number of nitrogens with one attached hydrogen (secondary N) is 2. The van der Waals surface area contributed by atoms with Gasteiger partial charge in [-0.1, -0.05) is 31.2 Å². The lowest BCUT2D eigenvalue weighted by Gasteiger charge is -2.23. The van der Waals surface area contributed by atoms with Crippen LogP contribution in [-0.2, 0) is 11.2 Å². The Morgan fingerprint density at radius 2 is 2.03 bits per heavy atom. The van der Waals surface area contributed by atoms with Crippen molar-refractivity contribution in [2.24, 2.45) is 29.4 Å². The number of hydrogen-bond acceptors (Lipinski definition) is 4. The minimum Gasteiger partial charge on any atom is -0.366 e. The predicted molar refractivity (Wildman–Crippen MR) is 117 cm³/mol. The maximum Gasteiger partial charge on any atom is 0.248 e. The highest BCUT2D eigenvalue weighted by molar-refractivity contribution is 5.94. The van der Waals surface area contributed by atoms with Crippen LogP contribution in [0.4, 0.5) is 4.39 Å². The number of piperidine rings is 1. The Balaban J connectivity index is 1.26. The number of nitrogens with zero attached hydrogens (tertiary/aromatic N) is 1. The molecule has 2 saturated carbocycles. The summed E-state index contributed by atoms with van der Waals surface area (Å²) in [6.07, 6.45) is 1.11. The summed E-state index contributed by atoms with van der Waals surface area (Å²) in [7, 11) is 0. The third-order valence-corrected chi connectivity index (χ3v) is 7.54. The first-order valence-corrected chi connectivity index (χ1v) is 11.0. The number of benzene rings is 2. The SMILES string of the molecule is CC1C2C3CC(C(C(=O)N[C@H](C#N)Cc4ccc(-c5cccc(C(N)=O)c5)cc4F)N3)C12. The highest BCUT2D eigenvalue weighted by Crippen LogP contribution is 2.64. The molecule has 6 nitrogen and oxygen atoms in total. The Morgan fingerprint density at radius 1 is 1.25 bits per heavy atom. The summed E-state index contributed by atoms with van der Waals surface area (Å²) >= 11 is 0. The van der Waals surface area contributed by atoms with Gasteiger partial charge in [0.25, 0.3) is 0 Å². The molecule has 0 spiro atoms. The van der Waals surface area contributed by atoms with E-state index in [1.54, 1.807) is 36.4 Å². The van der Waals surface area contributed by atoms with Crippen LogP contribution in [0.1, 0.15) is 29.3 Å².